The number of carbonyl (C=O) groups excluding carboxylic acids is 1. The van der Waals surface area contributed by atoms with Gasteiger partial charge in [0.15, 0.2) is 5.76 Å². The molecule has 1 unspecified atom stereocenters. The zero-order valence-corrected chi connectivity index (χ0v) is 12.1. The van der Waals surface area contributed by atoms with Crippen molar-refractivity contribution in [3.8, 4) is 0 Å². The van der Waals surface area contributed by atoms with Gasteiger partial charge in [-0.05, 0) is 57.1 Å². The Labute approximate surface area is 122 Å². The Balaban J connectivity index is 1.59. The molecule has 1 aliphatic heterocycles. The number of furan rings is 1. The number of nitrogens with one attached hydrogen (secondary N) is 1. The van der Waals surface area contributed by atoms with Gasteiger partial charge in [0, 0.05) is 18.0 Å². The number of fused-ring (bicyclic) bond motifs is 1. The third-order valence-corrected chi connectivity index (χ3v) is 4.14. The summed E-state index contributed by atoms with van der Waals surface area (Å²) in [4.78, 5) is 14.4. The molecule has 1 atom stereocenters. The van der Waals surface area contributed by atoms with Crippen LogP contribution in [0.2, 0.25) is 0 Å². The van der Waals surface area contributed by atoms with Gasteiger partial charge in [0.05, 0.1) is 0 Å². The van der Waals surface area contributed by atoms with Crippen molar-refractivity contribution in [1.29, 1.82) is 0 Å². The molecule has 0 radical (unpaired) electrons. The number of hydrogen-bond acceptors (Lipinski definition) is 3. The Morgan fingerprint density at radius 3 is 3.10 bits per heavy atom. The molecule has 3 rings (SSSR count). The minimum Gasteiger partial charge on any atom is -0.451 e. The van der Waals surface area contributed by atoms with Crippen LogP contribution in [0.25, 0.3) is 11.0 Å². The maximum atomic E-state index is 13.1. The Kier molecular flexibility index (Phi) is 3.92. The van der Waals surface area contributed by atoms with E-state index in [0.717, 1.165) is 13.0 Å². The van der Waals surface area contributed by atoms with Gasteiger partial charge in [-0.2, -0.15) is 0 Å². The van der Waals surface area contributed by atoms with Crippen molar-refractivity contribution in [2.75, 3.05) is 20.1 Å². The van der Waals surface area contributed by atoms with Crippen LogP contribution in [0.15, 0.2) is 28.7 Å². The second-order valence-electron chi connectivity index (χ2n) is 5.61. The summed E-state index contributed by atoms with van der Waals surface area (Å²) in [6.07, 6.45) is 3.36. The predicted octanol–water partition coefficient (Wildman–Crippen LogP) is 2.79. The molecule has 1 N–H and O–H groups in total. The average molecular weight is 290 g/mol. The largest absolute Gasteiger partial charge is 0.451 e. The zero-order chi connectivity index (χ0) is 14.8. The van der Waals surface area contributed by atoms with Gasteiger partial charge < -0.3 is 14.6 Å². The molecule has 4 nitrogen and oxygen atoms in total. The summed E-state index contributed by atoms with van der Waals surface area (Å²) in [6.45, 7) is 1.76. The second kappa shape index (κ2) is 5.85. The Hall–Kier alpha value is -1.88. The van der Waals surface area contributed by atoms with Crippen LogP contribution < -0.4 is 5.32 Å². The number of likely N-dealkylation sites (tertiary alicyclic amines) is 1. The lowest BCUT2D eigenvalue weighted by molar-refractivity contribution is 0.0925. The van der Waals surface area contributed by atoms with E-state index < -0.39 is 0 Å². The van der Waals surface area contributed by atoms with Crippen LogP contribution in [0, 0.1) is 5.82 Å². The fourth-order valence-corrected chi connectivity index (χ4v) is 2.91. The standard InChI is InChI=1S/C16H19FN2O2/c1-19-8-2-3-13(19)6-7-18-16(20)15-10-11-9-12(17)4-5-14(11)21-15/h4-5,9-10,13H,2-3,6-8H2,1H3,(H,18,20). The summed E-state index contributed by atoms with van der Waals surface area (Å²) in [5.74, 6) is -0.345. The lowest BCUT2D eigenvalue weighted by Crippen LogP contribution is -2.31. The van der Waals surface area contributed by atoms with E-state index >= 15 is 0 Å². The molecule has 112 valence electrons. The molecular formula is C16H19FN2O2. The molecule has 1 aliphatic rings. The molecule has 1 aromatic heterocycles. The molecular weight excluding hydrogens is 271 g/mol. The normalized spacial score (nSPS) is 19.2. The van der Waals surface area contributed by atoms with Gasteiger partial charge in [0.2, 0.25) is 0 Å². The maximum Gasteiger partial charge on any atom is 0.287 e. The summed E-state index contributed by atoms with van der Waals surface area (Å²) >= 11 is 0. The first kappa shape index (κ1) is 14.1. The van der Waals surface area contributed by atoms with Crippen molar-refractivity contribution in [1.82, 2.24) is 10.2 Å². The maximum absolute atomic E-state index is 13.1. The first-order valence-corrected chi connectivity index (χ1v) is 7.31. The topological polar surface area (TPSA) is 45.5 Å². The van der Waals surface area contributed by atoms with Gasteiger partial charge in [-0.25, -0.2) is 4.39 Å². The minimum atomic E-state index is -0.334. The van der Waals surface area contributed by atoms with E-state index in [1.807, 2.05) is 0 Å². The van der Waals surface area contributed by atoms with Crippen molar-refractivity contribution in [3.05, 3.63) is 35.8 Å². The second-order valence-corrected chi connectivity index (χ2v) is 5.61. The van der Waals surface area contributed by atoms with Crippen molar-refractivity contribution < 1.29 is 13.6 Å². The summed E-state index contributed by atoms with van der Waals surface area (Å²) in [6, 6.07) is 6.35. The number of rotatable bonds is 4. The lowest BCUT2D eigenvalue weighted by Gasteiger charge is -2.18. The SMILES string of the molecule is CN1CCCC1CCNC(=O)c1cc2cc(F)ccc2o1. The molecule has 5 heteroatoms. The van der Waals surface area contributed by atoms with Crippen molar-refractivity contribution in [2.24, 2.45) is 0 Å². The summed E-state index contributed by atoms with van der Waals surface area (Å²) in [5, 5.41) is 3.48. The molecule has 0 bridgehead atoms. The van der Waals surface area contributed by atoms with Gasteiger partial charge in [-0.3, -0.25) is 4.79 Å². The van der Waals surface area contributed by atoms with Crippen molar-refractivity contribution in [3.63, 3.8) is 0 Å². The van der Waals surface area contributed by atoms with E-state index in [1.54, 1.807) is 6.07 Å². The molecule has 1 saturated heterocycles. The lowest BCUT2D eigenvalue weighted by atomic mass is 10.1. The number of halogens is 1. The smallest absolute Gasteiger partial charge is 0.287 e. The Bertz CT molecular complexity index is 653. The number of hydrogen-bond donors (Lipinski definition) is 1. The minimum absolute atomic E-state index is 0.232. The Morgan fingerprint density at radius 2 is 2.33 bits per heavy atom. The molecule has 1 amide bonds. The fraction of sp³-hybridized carbons (Fsp3) is 0.438. The van der Waals surface area contributed by atoms with Crippen LogP contribution in [0.4, 0.5) is 4.39 Å². The highest BCUT2D eigenvalue weighted by Crippen LogP contribution is 2.20. The van der Waals surface area contributed by atoms with Gasteiger partial charge in [-0.15, -0.1) is 0 Å². The average Bonchev–Trinajstić information content (AvgIpc) is 3.05. The summed E-state index contributed by atoms with van der Waals surface area (Å²) in [7, 11) is 2.12. The quantitative estimate of drug-likeness (QED) is 0.941. The van der Waals surface area contributed by atoms with E-state index in [1.165, 1.54) is 31.0 Å². The first-order valence-electron chi connectivity index (χ1n) is 7.31. The molecule has 0 spiro atoms. The Morgan fingerprint density at radius 1 is 1.48 bits per heavy atom. The molecule has 21 heavy (non-hydrogen) atoms. The first-order chi connectivity index (χ1) is 10.1. The molecule has 1 fully saturated rings. The van der Waals surface area contributed by atoms with Crippen LogP contribution >= 0.6 is 0 Å². The van der Waals surface area contributed by atoms with Crippen LogP contribution in [0.5, 0.6) is 0 Å². The monoisotopic (exact) mass is 290 g/mol. The number of amides is 1. The van der Waals surface area contributed by atoms with Gasteiger partial charge in [0.1, 0.15) is 11.4 Å². The van der Waals surface area contributed by atoms with Gasteiger partial charge in [-0.1, -0.05) is 0 Å². The molecule has 1 aromatic carbocycles. The van der Waals surface area contributed by atoms with Crippen LogP contribution in [-0.2, 0) is 0 Å². The number of carbonyl (C=O) groups is 1. The number of benzene rings is 1. The summed E-state index contributed by atoms with van der Waals surface area (Å²) in [5.41, 5.74) is 0.525. The highest BCUT2D eigenvalue weighted by Gasteiger charge is 2.20. The van der Waals surface area contributed by atoms with E-state index in [0.29, 0.717) is 23.6 Å². The van der Waals surface area contributed by atoms with Gasteiger partial charge in [0.25, 0.3) is 5.91 Å². The highest BCUT2D eigenvalue weighted by molar-refractivity contribution is 5.96. The van der Waals surface area contributed by atoms with Crippen molar-refractivity contribution >= 4 is 16.9 Å². The van der Waals surface area contributed by atoms with Crippen LogP contribution in [0.1, 0.15) is 29.8 Å². The van der Waals surface area contributed by atoms with E-state index in [-0.39, 0.29) is 17.5 Å². The van der Waals surface area contributed by atoms with E-state index in [9.17, 15) is 9.18 Å². The van der Waals surface area contributed by atoms with Crippen molar-refractivity contribution in [2.45, 2.75) is 25.3 Å². The number of nitrogens with zero attached hydrogens (tertiary/aromatic N) is 1. The van der Waals surface area contributed by atoms with Gasteiger partial charge >= 0.3 is 0 Å². The predicted molar refractivity (Wildman–Crippen MR) is 78.8 cm³/mol. The summed E-state index contributed by atoms with van der Waals surface area (Å²) < 4.78 is 18.6. The van der Waals surface area contributed by atoms with E-state index in [4.69, 9.17) is 4.42 Å². The molecule has 2 aromatic rings. The molecule has 0 saturated carbocycles. The highest BCUT2D eigenvalue weighted by atomic mass is 19.1. The van der Waals surface area contributed by atoms with Crippen LogP contribution in [0.3, 0.4) is 0 Å². The molecule has 0 aliphatic carbocycles. The third kappa shape index (κ3) is 3.08. The van der Waals surface area contributed by atoms with E-state index in [2.05, 4.69) is 17.3 Å². The molecule has 2 heterocycles. The zero-order valence-electron chi connectivity index (χ0n) is 12.1. The van der Waals surface area contributed by atoms with Crippen LogP contribution in [-0.4, -0.2) is 37.0 Å². The third-order valence-electron chi connectivity index (χ3n) is 4.14. The fourth-order valence-electron chi connectivity index (χ4n) is 2.91.